The molecule has 1 aromatic carbocycles. The van der Waals surface area contributed by atoms with Gasteiger partial charge in [0.15, 0.2) is 0 Å². The zero-order valence-corrected chi connectivity index (χ0v) is 9.20. The average Bonchev–Trinajstić information content (AvgIpc) is 2.61. The number of nitrogen functional groups attached to an aromatic ring is 1. The van der Waals surface area contributed by atoms with E-state index in [1.165, 1.54) is 0 Å². The number of aromatic nitrogens is 2. The molecule has 78 valence electrons. The lowest BCUT2D eigenvalue weighted by molar-refractivity contribution is 0.771. The van der Waals surface area contributed by atoms with Crippen LogP contribution in [0.2, 0.25) is 5.02 Å². The molecule has 0 atom stereocenters. The maximum absolute atomic E-state index is 5.95. The van der Waals surface area contributed by atoms with E-state index in [1.54, 1.807) is 6.33 Å². The van der Waals surface area contributed by atoms with Crippen molar-refractivity contribution in [1.82, 2.24) is 9.55 Å². The molecule has 2 N–H and O–H groups in total. The molecule has 0 bridgehead atoms. The Labute approximate surface area is 93.5 Å². The standard InChI is InChI=1S/C11H12ClN3/c1-2-15-7-14-10(11(15)13)8-3-5-9(12)6-4-8/h3-7H,2,13H2,1H3. The van der Waals surface area contributed by atoms with Crippen molar-refractivity contribution < 1.29 is 0 Å². The molecule has 4 heteroatoms. The summed E-state index contributed by atoms with van der Waals surface area (Å²) in [6.07, 6.45) is 1.75. The van der Waals surface area contributed by atoms with E-state index in [4.69, 9.17) is 17.3 Å². The van der Waals surface area contributed by atoms with Gasteiger partial charge in [-0.3, -0.25) is 0 Å². The highest BCUT2D eigenvalue weighted by molar-refractivity contribution is 6.30. The Hall–Kier alpha value is -1.48. The van der Waals surface area contributed by atoms with E-state index in [1.807, 2.05) is 35.8 Å². The molecule has 3 nitrogen and oxygen atoms in total. The number of halogens is 1. The first-order chi connectivity index (χ1) is 7.22. The van der Waals surface area contributed by atoms with Crippen LogP contribution in [0.3, 0.4) is 0 Å². The van der Waals surface area contributed by atoms with Gasteiger partial charge < -0.3 is 10.3 Å². The molecular weight excluding hydrogens is 210 g/mol. The van der Waals surface area contributed by atoms with Gasteiger partial charge in [-0.05, 0) is 19.1 Å². The fraction of sp³-hybridized carbons (Fsp3) is 0.182. The SMILES string of the molecule is CCn1cnc(-c2ccc(Cl)cc2)c1N. The van der Waals surface area contributed by atoms with Crippen LogP contribution in [0.25, 0.3) is 11.3 Å². The number of nitrogens with zero attached hydrogens (tertiary/aromatic N) is 2. The van der Waals surface area contributed by atoms with Crippen molar-refractivity contribution in [3.63, 3.8) is 0 Å². The van der Waals surface area contributed by atoms with Crippen molar-refractivity contribution in [2.75, 3.05) is 5.73 Å². The van der Waals surface area contributed by atoms with Crippen LogP contribution in [-0.4, -0.2) is 9.55 Å². The second kappa shape index (κ2) is 3.95. The van der Waals surface area contributed by atoms with Crippen LogP contribution in [0.15, 0.2) is 30.6 Å². The van der Waals surface area contributed by atoms with E-state index in [-0.39, 0.29) is 0 Å². The lowest BCUT2D eigenvalue weighted by Gasteiger charge is -2.02. The summed E-state index contributed by atoms with van der Waals surface area (Å²) in [6.45, 7) is 2.86. The van der Waals surface area contributed by atoms with Gasteiger partial charge in [0.05, 0.1) is 6.33 Å². The third-order valence-electron chi connectivity index (χ3n) is 2.34. The monoisotopic (exact) mass is 221 g/mol. The maximum Gasteiger partial charge on any atom is 0.131 e. The van der Waals surface area contributed by atoms with Crippen LogP contribution in [0.5, 0.6) is 0 Å². The summed E-state index contributed by atoms with van der Waals surface area (Å²) in [5.41, 5.74) is 7.75. The molecule has 2 rings (SSSR count). The first-order valence-corrected chi connectivity index (χ1v) is 5.16. The molecule has 2 aromatic rings. The van der Waals surface area contributed by atoms with E-state index >= 15 is 0 Å². The summed E-state index contributed by atoms with van der Waals surface area (Å²) in [6, 6.07) is 7.50. The largest absolute Gasteiger partial charge is 0.383 e. The molecule has 0 fully saturated rings. The Morgan fingerprint density at radius 2 is 2.00 bits per heavy atom. The minimum atomic E-state index is 0.694. The van der Waals surface area contributed by atoms with Gasteiger partial charge in [-0.2, -0.15) is 0 Å². The van der Waals surface area contributed by atoms with E-state index in [0.717, 1.165) is 17.8 Å². The number of benzene rings is 1. The van der Waals surface area contributed by atoms with Crippen molar-refractivity contribution in [2.24, 2.45) is 0 Å². The highest BCUT2D eigenvalue weighted by Gasteiger charge is 2.08. The Bertz CT molecular complexity index is 459. The fourth-order valence-corrected chi connectivity index (χ4v) is 1.60. The molecule has 15 heavy (non-hydrogen) atoms. The van der Waals surface area contributed by atoms with Gasteiger partial charge in [-0.15, -0.1) is 0 Å². The van der Waals surface area contributed by atoms with Crippen LogP contribution in [-0.2, 0) is 6.54 Å². The van der Waals surface area contributed by atoms with Crippen molar-refractivity contribution in [2.45, 2.75) is 13.5 Å². The van der Waals surface area contributed by atoms with Crippen LogP contribution >= 0.6 is 11.6 Å². The minimum absolute atomic E-state index is 0.694. The first-order valence-electron chi connectivity index (χ1n) is 4.79. The maximum atomic E-state index is 5.95. The average molecular weight is 222 g/mol. The minimum Gasteiger partial charge on any atom is -0.383 e. The van der Waals surface area contributed by atoms with Gasteiger partial charge in [0.25, 0.3) is 0 Å². The predicted octanol–water partition coefficient (Wildman–Crippen LogP) is 2.81. The van der Waals surface area contributed by atoms with Crippen molar-refractivity contribution in [1.29, 1.82) is 0 Å². The van der Waals surface area contributed by atoms with Crippen LogP contribution < -0.4 is 5.73 Å². The number of hydrogen-bond donors (Lipinski definition) is 1. The van der Waals surface area contributed by atoms with Crippen LogP contribution in [0, 0.1) is 0 Å². The molecule has 0 amide bonds. The smallest absolute Gasteiger partial charge is 0.131 e. The van der Waals surface area contributed by atoms with Gasteiger partial charge in [0, 0.05) is 17.1 Å². The van der Waals surface area contributed by atoms with Crippen molar-refractivity contribution in [3.05, 3.63) is 35.6 Å². The number of anilines is 1. The highest BCUT2D eigenvalue weighted by Crippen LogP contribution is 2.25. The Morgan fingerprint density at radius 1 is 1.33 bits per heavy atom. The number of aryl methyl sites for hydroxylation is 1. The van der Waals surface area contributed by atoms with Crippen molar-refractivity contribution in [3.8, 4) is 11.3 Å². The molecule has 0 unspecified atom stereocenters. The van der Waals surface area contributed by atoms with E-state index in [2.05, 4.69) is 4.98 Å². The van der Waals surface area contributed by atoms with Crippen LogP contribution in [0.1, 0.15) is 6.92 Å². The number of nitrogens with two attached hydrogens (primary N) is 1. The molecule has 1 aromatic heterocycles. The van der Waals surface area contributed by atoms with Crippen LogP contribution in [0.4, 0.5) is 5.82 Å². The zero-order chi connectivity index (χ0) is 10.8. The molecule has 0 spiro atoms. The fourth-order valence-electron chi connectivity index (χ4n) is 1.47. The van der Waals surface area contributed by atoms with Crippen molar-refractivity contribution >= 4 is 17.4 Å². The first kappa shape index (κ1) is 10.1. The highest BCUT2D eigenvalue weighted by atomic mass is 35.5. The summed E-state index contributed by atoms with van der Waals surface area (Å²) >= 11 is 5.81. The molecule has 1 heterocycles. The molecule has 0 radical (unpaired) electrons. The summed E-state index contributed by atoms with van der Waals surface area (Å²) in [5, 5.41) is 0.715. The predicted molar refractivity (Wildman–Crippen MR) is 62.8 cm³/mol. The van der Waals surface area contributed by atoms with Gasteiger partial charge in [-0.1, -0.05) is 23.7 Å². The summed E-state index contributed by atoms with van der Waals surface area (Å²) in [4.78, 5) is 4.28. The third-order valence-corrected chi connectivity index (χ3v) is 2.59. The summed E-state index contributed by atoms with van der Waals surface area (Å²) < 4.78 is 1.91. The lowest BCUT2D eigenvalue weighted by atomic mass is 10.1. The van der Waals surface area contributed by atoms with Gasteiger partial charge in [0.2, 0.25) is 0 Å². The Morgan fingerprint density at radius 3 is 2.53 bits per heavy atom. The summed E-state index contributed by atoms with van der Waals surface area (Å²) in [5.74, 6) is 0.694. The molecule has 0 saturated carbocycles. The number of imidazole rings is 1. The van der Waals surface area contributed by atoms with E-state index in [9.17, 15) is 0 Å². The molecular formula is C11H12ClN3. The topological polar surface area (TPSA) is 43.8 Å². The zero-order valence-electron chi connectivity index (χ0n) is 8.44. The molecule has 0 aliphatic carbocycles. The van der Waals surface area contributed by atoms with Gasteiger partial charge in [0.1, 0.15) is 11.5 Å². The molecule has 0 saturated heterocycles. The van der Waals surface area contributed by atoms with Gasteiger partial charge >= 0.3 is 0 Å². The molecule has 0 aliphatic heterocycles. The quantitative estimate of drug-likeness (QED) is 0.848. The van der Waals surface area contributed by atoms with E-state index in [0.29, 0.717) is 10.8 Å². The summed E-state index contributed by atoms with van der Waals surface area (Å²) in [7, 11) is 0. The number of hydrogen-bond acceptors (Lipinski definition) is 2. The van der Waals surface area contributed by atoms with Gasteiger partial charge in [-0.25, -0.2) is 4.98 Å². The lowest BCUT2D eigenvalue weighted by Crippen LogP contribution is -1.99. The Balaban J connectivity index is 2.45. The van der Waals surface area contributed by atoms with E-state index < -0.39 is 0 Å². The molecule has 0 aliphatic rings. The number of rotatable bonds is 2. The second-order valence-electron chi connectivity index (χ2n) is 3.27. The third kappa shape index (κ3) is 1.83. The Kier molecular flexibility index (Phi) is 2.64. The normalized spacial score (nSPS) is 10.5. The second-order valence-corrected chi connectivity index (χ2v) is 3.71.